The van der Waals surface area contributed by atoms with Crippen LogP contribution in [0.2, 0.25) is 0 Å². The summed E-state index contributed by atoms with van der Waals surface area (Å²) in [5.41, 5.74) is 0.483. The number of hydrogen-bond acceptors (Lipinski definition) is 2. The van der Waals surface area contributed by atoms with Gasteiger partial charge in [0.2, 0.25) is 0 Å². The maximum Gasteiger partial charge on any atom is 0.0852 e. The second kappa shape index (κ2) is 4.48. The normalized spacial score (nSPS) is 26.8. The van der Waals surface area contributed by atoms with Crippen LogP contribution < -0.4 is 5.32 Å². The molecule has 2 rings (SSSR count). The fraction of sp³-hybridized carbons (Fsp3) is 0.438. The lowest BCUT2D eigenvalue weighted by Crippen LogP contribution is -2.56. The van der Waals surface area contributed by atoms with Gasteiger partial charge in [0.15, 0.2) is 0 Å². The Bertz CT molecular complexity index is 496. The van der Waals surface area contributed by atoms with Gasteiger partial charge in [-0.2, -0.15) is 5.26 Å². The smallest absolute Gasteiger partial charge is 0.0852 e. The Balaban J connectivity index is 2.06. The molecular weight excluding hydrogens is 220 g/mol. The van der Waals surface area contributed by atoms with Crippen molar-refractivity contribution in [2.75, 3.05) is 0 Å². The molecule has 0 aromatic heterocycles. The van der Waals surface area contributed by atoms with Crippen LogP contribution in [0.4, 0.5) is 0 Å². The van der Waals surface area contributed by atoms with Crippen molar-refractivity contribution in [3.8, 4) is 18.4 Å². The van der Waals surface area contributed by atoms with Gasteiger partial charge in [0.05, 0.1) is 17.0 Å². The highest BCUT2D eigenvalue weighted by molar-refractivity contribution is 5.37. The van der Waals surface area contributed by atoms with E-state index in [9.17, 15) is 5.26 Å². The van der Waals surface area contributed by atoms with E-state index in [2.05, 4.69) is 17.3 Å². The van der Waals surface area contributed by atoms with Crippen LogP contribution in [0.3, 0.4) is 0 Å². The second-order valence-corrected chi connectivity index (χ2v) is 5.58. The van der Waals surface area contributed by atoms with Crippen LogP contribution in [0, 0.1) is 23.7 Å². The number of terminal acetylenes is 1. The van der Waals surface area contributed by atoms with Crippen molar-refractivity contribution in [1.82, 2.24) is 5.32 Å². The summed E-state index contributed by atoms with van der Waals surface area (Å²) in [4.78, 5) is 0. The first kappa shape index (κ1) is 12.7. The molecule has 2 nitrogen and oxygen atoms in total. The summed E-state index contributed by atoms with van der Waals surface area (Å²) in [6.45, 7) is 3.98. The molecule has 0 amide bonds. The molecule has 1 fully saturated rings. The molecule has 0 aliphatic heterocycles. The van der Waals surface area contributed by atoms with E-state index in [1.807, 2.05) is 44.2 Å². The molecule has 0 spiro atoms. The Morgan fingerprint density at radius 2 is 1.94 bits per heavy atom. The number of nitriles is 1. The van der Waals surface area contributed by atoms with Crippen molar-refractivity contribution in [2.45, 2.75) is 43.7 Å². The van der Waals surface area contributed by atoms with Crippen LogP contribution in [0.5, 0.6) is 0 Å². The van der Waals surface area contributed by atoms with Crippen molar-refractivity contribution >= 4 is 0 Å². The standard InChI is InChI=1S/C16H18N2/c1-4-15(2,3)18-14-10-16(11-14,12-17)13-8-6-5-7-9-13/h1,5-9,14,18H,10-11H2,2-3H3. The van der Waals surface area contributed by atoms with E-state index in [0.29, 0.717) is 6.04 Å². The van der Waals surface area contributed by atoms with Crippen LogP contribution in [0.1, 0.15) is 32.3 Å². The van der Waals surface area contributed by atoms with E-state index in [0.717, 1.165) is 18.4 Å². The first-order valence-corrected chi connectivity index (χ1v) is 6.24. The SMILES string of the molecule is C#CC(C)(C)NC1CC(C#N)(c2ccccc2)C1. The van der Waals surface area contributed by atoms with Gasteiger partial charge in [-0.05, 0) is 32.3 Å². The molecule has 1 aliphatic rings. The number of benzene rings is 1. The topological polar surface area (TPSA) is 35.8 Å². The van der Waals surface area contributed by atoms with Crippen LogP contribution in [0.25, 0.3) is 0 Å². The van der Waals surface area contributed by atoms with E-state index in [1.165, 1.54) is 0 Å². The van der Waals surface area contributed by atoms with Crippen LogP contribution in [-0.4, -0.2) is 11.6 Å². The van der Waals surface area contributed by atoms with Gasteiger partial charge in [-0.15, -0.1) is 6.42 Å². The van der Waals surface area contributed by atoms with Gasteiger partial charge < -0.3 is 0 Å². The molecule has 18 heavy (non-hydrogen) atoms. The molecular formula is C16H18N2. The zero-order valence-corrected chi connectivity index (χ0v) is 10.9. The maximum atomic E-state index is 9.45. The number of nitrogens with one attached hydrogen (secondary N) is 1. The lowest BCUT2D eigenvalue weighted by Gasteiger charge is -2.45. The Morgan fingerprint density at radius 1 is 1.33 bits per heavy atom. The average molecular weight is 238 g/mol. The largest absolute Gasteiger partial charge is 0.299 e. The summed E-state index contributed by atoms with van der Waals surface area (Å²) >= 11 is 0. The van der Waals surface area contributed by atoms with E-state index >= 15 is 0 Å². The molecule has 1 aromatic rings. The predicted molar refractivity (Wildman–Crippen MR) is 72.8 cm³/mol. The van der Waals surface area contributed by atoms with Crippen LogP contribution in [0.15, 0.2) is 30.3 Å². The Morgan fingerprint density at radius 3 is 2.44 bits per heavy atom. The minimum Gasteiger partial charge on any atom is -0.299 e. The molecule has 1 N–H and O–H groups in total. The van der Waals surface area contributed by atoms with E-state index < -0.39 is 0 Å². The summed E-state index contributed by atoms with van der Waals surface area (Å²) in [5.74, 6) is 2.73. The third kappa shape index (κ3) is 2.26. The number of rotatable bonds is 3. The maximum absolute atomic E-state index is 9.45. The van der Waals surface area contributed by atoms with E-state index in [-0.39, 0.29) is 11.0 Å². The zero-order chi connectivity index (χ0) is 13.2. The molecule has 1 aromatic carbocycles. The van der Waals surface area contributed by atoms with Crippen molar-refractivity contribution < 1.29 is 0 Å². The average Bonchev–Trinajstić information content (AvgIpc) is 2.34. The lowest BCUT2D eigenvalue weighted by molar-refractivity contribution is 0.201. The zero-order valence-electron chi connectivity index (χ0n) is 10.9. The van der Waals surface area contributed by atoms with Gasteiger partial charge in [0.1, 0.15) is 0 Å². The van der Waals surface area contributed by atoms with Crippen molar-refractivity contribution in [1.29, 1.82) is 5.26 Å². The van der Waals surface area contributed by atoms with Gasteiger partial charge in [0, 0.05) is 6.04 Å². The fourth-order valence-electron chi connectivity index (χ4n) is 2.58. The predicted octanol–water partition coefficient (Wildman–Crippen LogP) is 2.61. The van der Waals surface area contributed by atoms with Gasteiger partial charge in [-0.1, -0.05) is 36.3 Å². The fourth-order valence-corrected chi connectivity index (χ4v) is 2.58. The highest BCUT2D eigenvalue weighted by Gasteiger charge is 2.47. The molecule has 1 saturated carbocycles. The van der Waals surface area contributed by atoms with E-state index in [4.69, 9.17) is 6.42 Å². The first-order chi connectivity index (χ1) is 8.51. The molecule has 0 saturated heterocycles. The lowest BCUT2D eigenvalue weighted by atomic mass is 9.62. The number of hydrogen-bond donors (Lipinski definition) is 1. The summed E-state index contributed by atoms with van der Waals surface area (Å²) in [6, 6.07) is 12.8. The van der Waals surface area contributed by atoms with Crippen LogP contribution in [-0.2, 0) is 5.41 Å². The minimum atomic E-state index is -0.330. The first-order valence-electron chi connectivity index (χ1n) is 6.24. The second-order valence-electron chi connectivity index (χ2n) is 5.58. The summed E-state index contributed by atoms with van der Waals surface area (Å²) in [5, 5.41) is 12.9. The monoisotopic (exact) mass is 238 g/mol. The van der Waals surface area contributed by atoms with Gasteiger partial charge >= 0.3 is 0 Å². The number of nitrogens with zero attached hydrogens (tertiary/aromatic N) is 1. The molecule has 92 valence electrons. The molecule has 0 unspecified atom stereocenters. The quantitative estimate of drug-likeness (QED) is 0.822. The minimum absolute atomic E-state index is 0.303. The molecule has 0 bridgehead atoms. The molecule has 1 aliphatic carbocycles. The summed E-state index contributed by atoms with van der Waals surface area (Å²) in [6.07, 6.45) is 7.13. The summed E-state index contributed by atoms with van der Waals surface area (Å²) < 4.78 is 0. The highest BCUT2D eigenvalue weighted by atomic mass is 15.0. The van der Waals surface area contributed by atoms with Crippen molar-refractivity contribution in [2.24, 2.45) is 0 Å². The van der Waals surface area contributed by atoms with Gasteiger partial charge in [-0.3, -0.25) is 5.32 Å². The third-order valence-corrected chi connectivity index (χ3v) is 3.66. The van der Waals surface area contributed by atoms with E-state index in [1.54, 1.807) is 0 Å². The third-order valence-electron chi connectivity index (χ3n) is 3.66. The molecule has 0 radical (unpaired) electrons. The summed E-state index contributed by atoms with van der Waals surface area (Å²) in [7, 11) is 0. The molecule has 2 heteroatoms. The Kier molecular flexibility index (Phi) is 3.16. The van der Waals surface area contributed by atoms with Crippen LogP contribution >= 0.6 is 0 Å². The Hall–Kier alpha value is -1.77. The Labute approximate surface area is 109 Å². The molecule has 0 heterocycles. The van der Waals surface area contributed by atoms with Crippen molar-refractivity contribution in [3.05, 3.63) is 35.9 Å². The van der Waals surface area contributed by atoms with Gasteiger partial charge in [0.25, 0.3) is 0 Å². The van der Waals surface area contributed by atoms with Gasteiger partial charge in [-0.25, -0.2) is 0 Å². The molecule has 0 atom stereocenters. The van der Waals surface area contributed by atoms with Crippen molar-refractivity contribution in [3.63, 3.8) is 0 Å². The highest BCUT2D eigenvalue weighted by Crippen LogP contribution is 2.43.